The van der Waals surface area contributed by atoms with Crippen LogP contribution in [0.15, 0.2) is 18.2 Å². The van der Waals surface area contributed by atoms with Gasteiger partial charge in [-0.2, -0.15) is 0 Å². The van der Waals surface area contributed by atoms with E-state index in [9.17, 15) is 19.7 Å². The molecule has 1 heterocycles. The lowest BCUT2D eigenvalue weighted by molar-refractivity contribution is -0.385. The average molecular weight is 370 g/mol. The van der Waals surface area contributed by atoms with Crippen molar-refractivity contribution in [2.45, 2.75) is 25.3 Å². The molecular formula is C16H20ClN3O5. The zero-order chi connectivity index (χ0) is 18.6. The summed E-state index contributed by atoms with van der Waals surface area (Å²) < 4.78 is 0. The number of hydrogen-bond acceptors (Lipinski definition) is 5. The number of rotatable bonds is 5. The van der Waals surface area contributed by atoms with Gasteiger partial charge in [0.2, 0.25) is 0 Å². The summed E-state index contributed by atoms with van der Waals surface area (Å²) in [5.41, 5.74) is -0.396. The van der Waals surface area contributed by atoms with Gasteiger partial charge in [0.25, 0.3) is 5.91 Å². The normalized spacial score (nSPS) is 18.0. The van der Waals surface area contributed by atoms with Gasteiger partial charge in [0.1, 0.15) is 10.6 Å². The van der Waals surface area contributed by atoms with Gasteiger partial charge in [-0.25, -0.2) is 0 Å². The summed E-state index contributed by atoms with van der Waals surface area (Å²) in [6.45, 7) is 0.829. The number of likely N-dealkylation sites (N-methyl/N-ethyl adjacent to an activating group) is 1. The first-order chi connectivity index (χ1) is 11.8. The molecule has 0 aromatic heterocycles. The molecule has 8 nitrogen and oxygen atoms in total. The minimum absolute atomic E-state index is 0.0187. The number of carboxylic acids is 1. The molecule has 0 bridgehead atoms. The molecule has 25 heavy (non-hydrogen) atoms. The topological polar surface area (TPSA) is 104 Å². The molecule has 136 valence electrons. The van der Waals surface area contributed by atoms with E-state index in [0.29, 0.717) is 25.9 Å². The van der Waals surface area contributed by atoms with Crippen LogP contribution in [0.2, 0.25) is 5.02 Å². The van der Waals surface area contributed by atoms with Crippen molar-refractivity contribution in [3.05, 3.63) is 38.9 Å². The number of halogens is 1. The van der Waals surface area contributed by atoms with Gasteiger partial charge in [0, 0.05) is 19.1 Å². The summed E-state index contributed by atoms with van der Waals surface area (Å²) in [6.07, 6.45) is 2.09. The number of hydrogen-bond donors (Lipinski definition) is 1. The third-order valence-corrected chi connectivity index (χ3v) is 4.70. The number of nitro groups is 1. The van der Waals surface area contributed by atoms with Gasteiger partial charge in [0.05, 0.1) is 11.5 Å². The molecular weight excluding hydrogens is 350 g/mol. The molecule has 1 aliphatic rings. The molecule has 0 aliphatic carbocycles. The van der Waals surface area contributed by atoms with Crippen LogP contribution >= 0.6 is 11.6 Å². The van der Waals surface area contributed by atoms with E-state index in [2.05, 4.69) is 0 Å². The van der Waals surface area contributed by atoms with Crippen LogP contribution in [0.1, 0.15) is 29.6 Å². The highest BCUT2D eigenvalue weighted by molar-refractivity contribution is 6.33. The summed E-state index contributed by atoms with van der Waals surface area (Å²) in [7, 11) is 1.75. The van der Waals surface area contributed by atoms with Crippen molar-refractivity contribution in [2.75, 3.05) is 26.7 Å². The average Bonchev–Trinajstić information content (AvgIpc) is 2.79. The second-order valence-electron chi connectivity index (χ2n) is 6.08. The number of benzene rings is 1. The van der Waals surface area contributed by atoms with E-state index < -0.39 is 16.8 Å². The van der Waals surface area contributed by atoms with Gasteiger partial charge < -0.3 is 10.0 Å². The van der Waals surface area contributed by atoms with Crippen LogP contribution < -0.4 is 0 Å². The molecule has 1 fully saturated rings. The second-order valence-corrected chi connectivity index (χ2v) is 6.49. The minimum Gasteiger partial charge on any atom is -0.480 e. The van der Waals surface area contributed by atoms with Gasteiger partial charge >= 0.3 is 11.7 Å². The fourth-order valence-corrected chi connectivity index (χ4v) is 3.35. The number of para-hydroxylation sites is 1. The zero-order valence-electron chi connectivity index (χ0n) is 13.9. The standard InChI is InChI=1S/C16H20ClN3O5/c1-18(10-14(21)22)11-4-3-8-19(9-7-11)16(23)12-5-2-6-13(17)15(12)20(24)25/h2,5-6,11H,3-4,7-10H2,1H3,(H,21,22). The highest BCUT2D eigenvalue weighted by Crippen LogP contribution is 2.29. The Morgan fingerprint density at radius 2 is 2.12 bits per heavy atom. The quantitative estimate of drug-likeness (QED) is 0.630. The molecule has 1 saturated heterocycles. The Balaban J connectivity index is 2.13. The molecule has 1 aromatic rings. The van der Waals surface area contributed by atoms with Crippen molar-refractivity contribution in [1.29, 1.82) is 0 Å². The predicted molar refractivity (Wildman–Crippen MR) is 91.9 cm³/mol. The molecule has 1 aliphatic heterocycles. The Labute approximate surface area is 150 Å². The maximum Gasteiger partial charge on any atom is 0.317 e. The molecule has 0 spiro atoms. The number of carbonyl (C=O) groups excluding carboxylic acids is 1. The molecule has 1 unspecified atom stereocenters. The Morgan fingerprint density at radius 1 is 1.40 bits per heavy atom. The van der Waals surface area contributed by atoms with Gasteiger partial charge in [-0.1, -0.05) is 17.7 Å². The Kier molecular flexibility index (Phi) is 6.33. The largest absolute Gasteiger partial charge is 0.480 e. The summed E-state index contributed by atoms with van der Waals surface area (Å²) in [5, 5.41) is 20.1. The minimum atomic E-state index is -0.894. The summed E-state index contributed by atoms with van der Waals surface area (Å²) in [5.74, 6) is -1.31. The first-order valence-electron chi connectivity index (χ1n) is 7.95. The number of likely N-dealkylation sites (tertiary alicyclic amines) is 1. The smallest absolute Gasteiger partial charge is 0.317 e. The molecule has 1 amide bonds. The van der Waals surface area contributed by atoms with Crippen molar-refractivity contribution in [2.24, 2.45) is 0 Å². The molecule has 1 N–H and O–H groups in total. The first kappa shape index (κ1) is 19.1. The van der Waals surface area contributed by atoms with Crippen LogP contribution in [0.25, 0.3) is 0 Å². The van der Waals surface area contributed by atoms with Gasteiger partial charge in [-0.3, -0.25) is 24.6 Å². The van der Waals surface area contributed by atoms with Crippen molar-refractivity contribution in [3.63, 3.8) is 0 Å². The lowest BCUT2D eigenvalue weighted by Gasteiger charge is -2.25. The maximum absolute atomic E-state index is 12.7. The van der Waals surface area contributed by atoms with Crippen molar-refractivity contribution < 1.29 is 19.6 Å². The van der Waals surface area contributed by atoms with Crippen LogP contribution in [-0.2, 0) is 4.79 Å². The highest BCUT2D eigenvalue weighted by Gasteiger charge is 2.29. The molecule has 1 aromatic carbocycles. The number of nitrogens with zero attached hydrogens (tertiary/aromatic N) is 3. The van der Waals surface area contributed by atoms with E-state index in [0.717, 1.165) is 6.42 Å². The monoisotopic (exact) mass is 369 g/mol. The van der Waals surface area contributed by atoms with Crippen molar-refractivity contribution in [1.82, 2.24) is 9.80 Å². The van der Waals surface area contributed by atoms with Crippen LogP contribution in [0.5, 0.6) is 0 Å². The lowest BCUT2D eigenvalue weighted by Crippen LogP contribution is -2.37. The van der Waals surface area contributed by atoms with E-state index in [1.54, 1.807) is 16.8 Å². The Morgan fingerprint density at radius 3 is 2.76 bits per heavy atom. The predicted octanol–water partition coefficient (Wildman–Crippen LogP) is 2.26. The molecule has 2 rings (SSSR count). The van der Waals surface area contributed by atoms with E-state index in [1.165, 1.54) is 18.2 Å². The van der Waals surface area contributed by atoms with E-state index in [-0.39, 0.29) is 28.9 Å². The first-order valence-corrected chi connectivity index (χ1v) is 8.33. The third kappa shape index (κ3) is 4.67. The fourth-order valence-electron chi connectivity index (χ4n) is 3.11. The fraction of sp³-hybridized carbons (Fsp3) is 0.500. The van der Waals surface area contributed by atoms with Crippen LogP contribution in [-0.4, -0.2) is 64.4 Å². The summed E-state index contributed by atoms with van der Waals surface area (Å²) >= 11 is 5.88. The van der Waals surface area contributed by atoms with Gasteiger partial charge in [-0.15, -0.1) is 0 Å². The van der Waals surface area contributed by atoms with Gasteiger partial charge in [0.15, 0.2) is 0 Å². The van der Waals surface area contributed by atoms with E-state index >= 15 is 0 Å². The SMILES string of the molecule is CN(CC(=O)O)C1CCCN(C(=O)c2cccc(Cl)c2[N+](=O)[O-])CC1. The van der Waals surface area contributed by atoms with Crippen LogP contribution in [0.3, 0.4) is 0 Å². The van der Waals surface area contributed by atoms with Gasteiger partial charge in [-0.05, 0) is 38.4 Å². The zero-order valence-corrected chi connectivity index (χ0v) is 14.6. The van der Waals surface area contributed by atoms with Crippen LogP contribution in [0, 0.1) is 10.1 Å². The molecule has 1 atom stereocenters. The Hall–Kier alpha value is -2.19. The number of carbonyl (C=O) groups is 2. The second kappa shape index (κ2) is 8.26. The lowest BCUT2D eigenvalue weighted by atomic mass is 10.1. The maximum atomic E-state index is 12.7. The van der Waals surface area contributed by atoms with Crippen LogP contribution in [0.4, 0.5) is 5.69 Å². The highest BCUT2D eigenvalue weighted by atomic mass is 35.5. The van der Waals surface area contributed by atoms with E-state index in [1.807, 2.05) is 0 Å². The molecule has 0 saturated carbocycles. The number of amides is 1. The van der Waals surface area contributed by atoms with Crippen molar-refractivity contribution >= 4 is 29.2 Å². The third-order valence-electron chi connectivity index (χ3n) is 4.39. The summed E-state index contributed by atoms with van der Waals surface area (Å²) in [4.78, 5) is 37.5. The number of aliphatic carboxylic acids is 1. The van der Waals surface area contributed by atoms with Crippen molar-refractivity contribution in [3.8, 4) is 0 Å². The number of nitro benzene ring substituents is 1. The van der Waals surface area contributed by atoms with E-state index in [4.69, 9.17) is 16.7 Å². The Bertz CT molecular complexity index is 682. The number of carboxylic acid groups (broad SMARTS) is 1. The molecule has 9 heteroatoms. The summed E-state index contributed by atoms with van der Waals surface area (Å²) in [6, 6.07) is 4.37. The molecule has 0 radical (unpaired) electrons.